The fourth-order valence-electron chi connectivity index (χ4n) is 2.45. The summed E-state index contributed by atoms with van der Waals surface area (Å²) in [5.41, 5.74) is 32.4. The van der Waals surface area contributed by atoms with Crippen molar-refractivity contribution in [1.29, 1.82) is 0 Å². The van der Waals surface area contributed by atoms with Gasteiger partial charge in [-0.1, -0.05) is 0 Å². The van der Waals surface area contributed by atoms with Crippen molar-refractivity contribution in [3.63, 3.8) is 0 Å². The van der Waals surface area contributed by atoms with E-state index in [0.29, 0.717) is 25.9 Å². The van der Waals surface area contributed by atoms with Crippen LogP contribution in [0.2, 0.25) is 0 Å². The SMILES string of the molecule is NC(N)=[NH+]CCCC(N)C(=O)OCC(O)C(OC(=O)C(N)CCC[NH+]=C(N)N)C(O)CO. The first-order valence-corrected chi connectivity index (χ1v) is 10.1. The van der Waals surface area contributed by atoms with E-state index in [0.717, 1.165) is 0 Å². The average Bonchev–Trinajstić information content (AvgIpc) is 2.74. The zero-order valence-electron chi connectivity index (χ0n) is 18.0. The van der Waals surface area contributed by atoms with Gasteiger partial charge in [-0.2, -0.15) is 0 Å². The molecule has 0 aliphatic heterocycles. The van der Waals surface area contributed by atoms with E-state index in [2.05, 4.69) is 9.98 Å². The molecule has 0 bridgehead atoms. The minimum absolute atomic E-state index is 0.0279. The Morgan fingerprint density at radius 3 is 1.72 bits per heavy atom. The molecular formula is C17H38N8O7+2. The Morgan fingerprint density at radius 1 is 0.812 bits per heavy atom. The number of carbonyl (C=O) groups excluding carboxylic acids is 2. The highest BCUT2D eigenvalue weighted by Crippen LogP contribution is 2.10. The van der Waals surface area contributed by atoms with Gasteiger partial charge in [-0.05, 0) is 25.7 Å². The van der Waals surface area contributed by atoms with Gasteiger partial charge in [0, 0.05) is 0 Å². The number of hydrogen-bond acceptors (Lipinski definition) is 9. The Kier molecular flexibility index (Phi) is 14.6. The van der Waals surface area contributed by atoms with Gasteiger partial charge in [0.1, 0.15) is 30.9 Å². The number of nitrogens with one attached hydrogen (secondary N) is 2. The van der Waals surface area contributed by atoms with E-state index < -0.39 is 55.5 Å². The molecule has 0 rings (SSSR count). The lowest BCUT2D eigenvalue weighted by Gasteiger charge is -2.27. The number of aliphatic hydroxyl groups is 3. The van der Waals surface area contributed by atoms with Gasteiger partial charge < -0.3 is 36.3 Å². The summed E-state index contributed by atoms with van der Waals surface area (Å²) in [6, 6.07) is -2.05. The van der Waals surface area contributed by atoms with E-state index in [4.69, 9.17) is 43.9 Å². The van der Waals surface area contributed by atoms with Crippen LogP contribution in [-0.4, -0.2) is 95.9 Å². The zero-order chi connectivity index (χ0) is 24.7. The maximum Gasteiger partial charge on any atom is 0.338 e. The molecule has 0 aliphatic carbocycles. The summed E-state index contributed by atoms with van der Waals surface area (Å²) >= 11 is 0. The summed E-state index contributed by atoms with van der Waals surface area (Å²) in [6.45, 7) is -0.671. The molecule has 0 saturated heterocycles. The third kappa shape index (κ3) is 12.9. The molecule has 5 atom stereocenters. The lowest BCUT2D eigenvalue weighted by molar-refractivity contribution is -0.460. The second-order valence-electron chi connectivity index (χ2n) is 7.11. The van der Waals surface area contributed by atoms with Crippen LogP contribution in [-0.2, 0) is 19.1 Å². The molecule has 0 saturated carbocycles. The second kappa shape index (κ2) is 16.0. The molecule has 0 aliphatic rings. The van der Waals surface area contributed by atoms with E-state index in [1.165, 1.54) is 0 Å². The quantitative estimate of drug-likeness (QED) is 0.0436. The average molecular weight is 467 g/mol. The van der Waals surface area contributed by atoms with Crippen molar-refractivity contribution in [3.8, 4) is 0 Å². The predicted octanol–water partition coefficient (Wildman–Crippen LogP) is -8.92. The Bertz CT molecular complexity index is 626. The van der Waals surface area contributed by atoms with Crippen molar-refractivity contribution in [3.05, 3.63) is 0 Å². The maximum absolute atomic E-state index is 12.2. The third-order valence-corrected chi connectivity index (χ3v) is 4.24. The lowest BCUT2D eigenvalue weighted by Crippen LogP contribution is -2.78. The first-order valence-electron chi connectivity index (χ1n) is 10.1. The van der Waals surface area contributed by atoms with Crippen LogP contribution in [0, 0.1) is 0 Å². The Morgan fingerprint density at radius 2 is 1.28 bits per heavy atom. The molecule has 17 N–H and O–H groups in total. The van der Waals surface area contributed by atoms with E-state index in [9.17, 15) is 24.9 Å². The summed E-state index contributed by atoms with van der Waals surface area (Å²) in [6.07, 6.45) is -3.49. The fraction of sp³-hybridized carbons (Fsp3) is 0.765. The van der Waals surface area contributed by atoms with E-state index in [1.54, 1.807) is 0 Å². The Hall–Kier alpha value is -2.72. The molecule has 0 aromatic carbocycles. The number of ether oxygens (including phenoxy) is 2. The third-order valence-electron chi connectivity index (χ3n) is 4.24. The molecule has 0 aromatic rings. The summed E-state index contributed by atoms with van der Waals surface area (Å²) in [5, 5.41) is 29.3. The molecule has 0 spiro atoms. The Balaban J connectivity index is 4.66. The number of nitrogens with two attached hydrogens (primary N) is 6. The van der Waals surface area contributed by atoms with Gasteiger partial charge in [-0.3, -0.25) is 42.5 Å². The van der Waals surface area contributed by atoms with Crippen molar-refractivity contribution in [1.82, 2.24) is 0 Å². The van der Waals surface area contributed by atoms with Gasteiger partial charge in [0.25, 0.3) is 0 Å². The molecular weight excluding hydrogens is 428 g/mol. The van der Waals surface area contributed by atoms with E-state index >= 15 is 0 Å². The number of guanidine groups is 2. The van der Waals surface area contributed by atoms with Crippen LogP contribution < -0.4 is 44.4 Å². The van der Waals surface area contributed by atoms with Crippen LogP contribution in [0.25, 0.3) is 0 Å². The number of esters is 2. The highest BCUT2D eigenvalue weighted by molar-refractivity contribution is 5.76. The summed E-state index contributed by atoms with van der Waals surface area (Å²) in [5.74, 6) is -1.65. The zero-order valence-corrected chi connectivity index (χ0v) is 18.0. The predicted molar refractivity (Wildman–Crippen MR) is 113 cm³/mol. The monoisotopic (exact) mass is 466 g/mol. The molecule has 186 valence electrons. The van der Waals surface area contributed by atoms with Gasteiger partial charge in [-0.15, -0.1) is 0 Å². The summed E-state index contributed by atoms with van der Waals surface area (Å²) < 4.78 is 9.97. The van der Waals surface area contributed by atoms with Crippen LogP contribution in [0.4, 0.5) is 0 Å². The molecule has 0 fully saturated rings. The molecule has 32 heavy (non-hydrogen) atoms. The van der Waals surface area contributed by atoms with Crippen molar-refractivity contribution in [2.45, 2.75) is 56.1 Å². The first kappa shape index (κ1) is 29.3. The minimum Gasteiger partial charge on any atom is -0.462 e. The fourth-order valence-corrected chi connectivity index (χ4v) is 2.45. The lowest BCUT2D eigenvalue weighted by atomic mass is 10.1. The maximum atomic E-state index is 12.2. The number of aliphatic hydroxyl groups excluding tert-OH is 3. The largest absolute Gasteiger partial charge is 0.462 e. The van der Waals surface area contributed by atoms with Crippen molar-refractivity contribution in [2.75, 3.05) is 26.3 Å². The van der Waals surface area contributed by atoms with Crippen molar-refractivity contribution in [2.24, 2.45) is 34.4 Å². The number of carbonyl (C=O) groups is 2. The molecule has 5 unspecified atom stereocenters. The second-order valence-corrected chi connectivity index (χ2v) is 7.11. The molecule has 0 heterocycles. The highest BCUT2D eigenvalue weighted by atomic mass is 16.6. The number of hydrogen-bond donors (Lipinski definition) is 11. The topological polar surface area (TPSA) is 297 Å². The summed E-state index contributed by atoms with van der Waals surface area (Å²) in [4.78, 5) is 29.5. The Labute approximate surface area is 185 Å². The minimum atomic E-state index is -1.63. The van der Waals surface area contributed by atoms with Gasteiger partial charge in [0.05, 0.1) is 19.7 Å². The highest BCUT2D eigenvalue weighted by Gasteiger charge is 2.33. The molecule has 0 radical (unpaired) electrons. The normalized spacial score (nSPS) is 15.5. The van der Waals surface area contributed by atoms with Crippen LogP contribution in [0.1, 0.15) is 25.7 Å². The van der Waals surface area contributed by atoms with Crippen LogP contribution >= 0.6 is 0 Å². The van der Waals surface area contributed by atoms with Crippen LogP contribution in [0.3, 0.4) is 0 Å². The molecule has 15 nitrogen and oxygen atoms in total. The van der Waals surface area contributed by atoms with Gasteiger partial charge in [-0.25, -0.2) is 0 Å². The van der Waals surface area contributed by atoms with E-state index in [-0.39, 0.29) is 24.8 Å². The standard InChI is InChI=1S/C17H36N8O7/c18-9(3-1-5-24-16(20)21)14(29)31-8-12(28)13(11(27)7-26)32-15(30)10(19)4-2-6-25-17(22)23/h9-13,26-28H,1-8,18-19H2,(H4,20,21,24)(H4,22,23,25)/p+2. The smallest absolute Gasteiger partial charge is 0.338 e. The van der Waals surface area contributed by atoms with Crippen molar-refractivity contribution < 1.29 is 44.4 Å². The summed E-state index contributed by atoms with van der Waals surface area (Å²) in [7, 11) is 0. The van der Waals surface area contributed by atoms with Crippen LogP contribution in [0.5, 0.6) is 0 Å². The van der Waals surface area contributed by atoms with Gasteiger partial charge >= 0.3 is 23.9 Å². The number of rotatable bonds is 16. The molecule has 0 aromatic heterocycles. The van der Waals surface area contributed by atoms with Gasteiger partial charge in [0.15, 0.2) is 6.10 Å². The van der Waals surface area contributed by atoms with Crippen molar-refractivity contribution >= 4 is 23.9 Å². The molecule has 0 amide bonds. The first-order chi connectivity index (χ1) is 15.0. The van der Waals surface area contributed by atoms with E-state index in [1.807, 2.05) is 0 Å². The molecule has 15 heteroatoms. The van der Waals surface area contributed by atoms with Gasteiger partial charge in [0.2, 0.25) is 0 Å². The van der Waals surface area contributed by atoms with Crippen LogP contribution in [0.15, 0.2) is 0 Å².